The molecule has 1 atom stereocenters. The number of aryl methyl sites for hydroxylation is 1. The second kappa shape index (κ2) is 8.30. The summed E-state index contributed by atoms with van der Waals surface area (Å²) in [6.45, 7) is 4.15. The Labute approximate surface area is 168 Å². The Morgan fingerprint density at radius 3 is 2.83 bits per heavy atom. The quantitative estimate of drug-likeness (QED) is 0.662. The van der Waals surface area contributed by atoms with Crippen LogP contribution in [0.4, 0.5) is 5.69 Å². The molecule has 8 heteroatoms. The molecule has 3 heterocycles. The molecule has 150 valence electrons. The predicted molar refractivity (Wildman–Crippen MR) is 110 cm³/mol. The fraction of sp³-hybridized carbons (Fsp3) is 0.333. The molecule has 1 aliphatic rings. The van der Waals surface area contributed by atoms with Crippen LogP contribution in [0, 0.1) is 12.8 Å². The second-order valence-corrected chi connectivity index (χ2v) is 7.36. The zero-order valence-electron chi connectivity index (χ0n) is 16.3. The highest BCUT2D eigenvalue weighted by Gasteiger charge is 2.28. The van der Waals surface area contributed by atoms with Gasteiger partial charge in [0.1, 0.15) is 0 Å². The van der Waals surface area contributed by atoms with E-state index < -0.39 is 0 Å². The van der Waals surface area contributed by atoms with E-state index in [2.05, 4.69) is 25.5 Å². The van der Waals surface area contributed by atoms with Crippen molar-refractivity contribution in [1.82, 2.24) is 25.3 Å². The Bertz CT molecular complexity index is 1040. The zero-order valence-corrected chi connectivity index (χ0v) is 16.3. The van der Waals surface area contributed by atoms with Gasteiger partial charge in [-0.3, -0.25) is 14.7 Å². The third kappa shape index (κ3) is 4.37. The maximum Gasteiger partial charge on any atom is 0.269 e. The molecule has 1 aromatic carbocycles. The molecule has 1 fully saturated rings. The normalized spacial score (nSPS) is 16.2. The molecular weight excluding hydrogens is 368 g/mol. The first-order valence-corrected chi connectivity index (χ1v) is 9.73. The number of carbonyl (C=O) groups is 1. The lowest BCUT2D eigenvalue weighted by molar-refractivity contribution is -0.124. The number of aromatic amines is 1. The molecule has 0 saturated carbocycles. The van der Waals surface area contributed by atoms with Gasteiger partial charge in [0.25, 0.3) is 5.56 Å². The minimum atomic E-state index is -0.144. The molecule has 0 radical (unpaired) electrons. The number of hydrogen-bond donors (Lipinski definition) is 2. The van der Waals surface area contributed by atoms with E-state index in [1.807, 2.05) is 37.3 Å². The summed E-state index contributed by atoms with van der Waals surface area (Å²) >= 11 is 0. The van der Waals surface area contributed by atoms with Gasteiger partial charge in [-0.25, -0.2) is 4.68 Å². The zero-order chi connectivity index (χ0) is 20.2. The Hall–Kier alpha value is -3.42. The number of H-pyrrole nitrogens is 1. The van der Waals surface area contributed by atoms with E-state index in [0.717, 1.165) is 35.5 Å². The molecule has 1 aliphatic heterocycles. The van der Waals surface area contributed by atoms with Gasteiger partial charge < -0.3 is 10.2 Å². The van der Waals surface area contributed by atoms with Crippen LogP contribution < -0.4 is 15.8 Å². The van der Waals surface area contributed by atoms with Crippen LogP contribution in [0.25, 0.3) is 0 Å². The van der Waals surface area contributed by atoms with Crippen molar-refractivity contribution >= 4 is 11.6 Å². The highest BCUT2D eigenvalue weighted by Crippen LogP contribution is 2.22. The molecule has 0 spiro atoms. The monoisotopic (exact) mass is 392 g/mol. The minimum Gasteiger partial charge on any atom is -0.369 e. The average Bonchev–Trinajstić information content (AvgIpc) is 3.38. The van der Waals surface area contributed by atoms with E-state index in [1.165, 1.54) is 4.68 Å². The SMILES string of the molecule is Cc1[nH]ncc1CNC(=O)C1CCN(c2cnn(Cc3ccccc3)c(=O)c2)C1. The third-order valence-corrected chi connectivity index (χ3v) is 5.34. The number of nitrogens with zero attached hydrogens (tertiary/aromatic N) is 4. The first-order valence-electron chi connectivity index (χ1n) is 9.73. The number of benzene rings is 1. The summed E-state index contributed by atoms with van der Waals surface area (Å²) in [5.41, 5.74) is 3.59. The van der Waals surface area contributed by atoms with Gasteiger partial charge in [-0.1, -0.05) is 30.3 Å². The Morgan fingerprint density at radius 1 is 1.28 bits per heavy atom. The van der Waals surface area contributed by atoms with Crippen LogP contribution in [0.2, 0.25) is 0 Å². The largest absolute Gasteiger partial charge is 0.369 e. The molecule has 0 bridgehead atoms. The van der Waals surface area contributed by atoms with Gasteiger partial charge in [-0.05, 0) is 18.9 Å². The lowest BCUT2D eigenvalue weighted by Crippen LogP contribution is -2.33. The maximum atomic E-state index is 12.5. The fourth-order valence-electron chi connectivity index (χ4n) is 3.56. The van der Waals surface area contributed by atoms with E-state index in [9.17, 15) is 9.59 Å². The topological polar surface area (TPSA) is 95.9 Å². The molecule has 3 aromatic rings. The van der Waals surface area contributed by atoms with E-state index in [4.69, 9.17) is 0 Å². The van der Waals surface area contributed by atoms with Crippen molar-refractivity contribution in [2.24, 2.45) is 5.92 Å². The van der Waals surface area contributed by atoms with Gasteiger partial charge in [-0.2, -0.15) is 10.2 Å². The van der Waals surface area contributed by atoms with E-state index in [1.54, 1.807) is 18.5 Å². The first-order chi connectivity index (χ1) is 14.1. The summed E-state index contributed by atoms with van der Waals surface area (Å²) in [7, 11) is 0. The molecule has 2 N–H and O–H groups in total. The van der Waals surface area contributed by atoms with Crippen LogP contribution in [0.3, 0.4) is 0 Å². The smallest absolute Gasteiger partial charge is 0.269 e. The van der Waals surface area contributed by atoms with Gasteiger partial charge in [0.15, 0.2) is 0 Å². The predicted octanol–water partition coefficient (Wildman–Crippen LogP) is 1.47. The first kappa shape index (κ1) is 18.9. The molecule has 8 nitrogen and oxygen atoms in total. The van der Waals surface area contributed by atoms with E-state index in [0.29, 0.717) is 19.6 Å². The van der Waals surface area contributed by atoms with Gasteiger partial charge in [-0.15, -0.1) is 0 Å². The Kier molecular flexibility index (Phi) is 5.41. The van der Waals surface area contributed by atoms with Crippen LogP contribution in [-0.2, 0) is 17.9 Å². The van der Waals surface area contributed by atoms with Crippen molar-refractivity contribution in [3.05, 3.63) is 76.0 Å². The minimum absolute atomic E-state index is 0.0264. The van der Waals surface area contributed by atoms with Crippen molar-refractivity contribution in [1.29, 1.82) is 0 Å². The number of hydrogen-bond acceptors (Lipinski definition) is 5. The summed E-state index contributed by atoms with van der Waals surface area (Å²) in [5.74, 6) is -0.0764. The third-order valence-electron chi connectivity index (χ3n) is 5.34. The molecular formula is C21H24N6O2. The number of aromatic nitrogens is 4. The number of carbonyl (C=O) groups excluding carboxylic acids is 1. The number of amides is 1. The summed E-state index contributed by atoms with van der Waals surface area (Å²) in [4.78, 5) is 27.0. The molecule has 4 rings (SSSR count). The van der Waals surface area contributed by atoms with Crippen molar-refractivity contribution < 1.29 is 4.79 Å². The molecule has 2 aromatic heterocycles. The summed E-state index contributed by atoms with van der Waals surface area (Å²) in [6.07, 6.45) is 4.19. The number of nitrogens with one attached hydrogen (secondary N) is 2. The van der Waals surface area contributed by atoms with Gasteiger partial charge >= 0.3 is 0 Å². The van der Waals surface area contributed by atoms with E-state index in [-0.39, 0.29) is 17.4 Å². The summed E-state index contributed by atoms with van der Waals surface area (Å²) in [5, 5.41) is 14.1. The Morgan fingerprint density at radius 2 is 2.10 bits per heavy atom. The standard InChI is InChI=1S/C21H24N6O2/c1-15-18(11-23-25-15)10-22-21(29)17-7-8-26(14-17)19-9-20(28)27(24-12-19)13-16-5-3-2-4-6-16/h2-6,9,11-12,17H,7-8,10,13-14H2,1H3,(H,22,29)(H,23,25). The average molecular weight is 392 g/mol. The fourth-order valence-corrected chi connectivity index (χ4v) is 3.56. The summed E-state index contributed by atoms with van der Waals surface area (Å²) in [6, 6.07) is 11.4. The van der Waals surface area contributed by atoms with Crippen LogP contribution in [-0.4, -0.2) is 39.0 Å². The molecule has 29 heavy (non-hydrogen) atoms. The van der Waals surface area contributed by atoms with Crippen LogP contribution in [0.1, 0.15) is 23.2 Å². The lowest BCUT2D eigenvalue weighted by Gasteiger charge is -2.18. The van der Waals surface area contributed by atoms with E-state index >= 15 is 0 Å². The number of anilines is 1. The molecule has 1 saturated heterocycles. The van der Waals surface area contributed by atoms with Crippen LogP contribution in [0.15, 0.2) is 53.6 Å². The Balaban J connectivity index is 1.36. The van der Waals surface area contributed by atoms with Gasteiger partial charge in [0.05, 0.1) is 30.5 Å². The van der Waals surface area contributed by atoms with Crippen molar-refractivity contribution in [2.75, 3.05) is 18.0 Å². The molecule has 1 amide bonds. The molecule has 1 unspecified atom stereocenters. The molecule has 0 aliphatic carbocycles. The van der Waals surface area contributed by atoms with Crippen molar-refractivity contribution in [3.8, 4) is 0 Å². The highest BCUT2D eigenvalue weighted by molar-refractivity contribution is 5.80. The van der Waals surface area contributed by atoms with Gasteiger partial charge in [0.2, 0.25) is 5.91 Å². The van der Waals surface area contributed by atoms with Crippen LogP contribution >= 0.6 is 0 Å². The van der Waals surface area contributed by atoms with Gasteiger partial charge in [0, 0.05) is 37.0 Å². The lowest BCUT2D eigenvalue weighted by atomic mass is 10.1. The second-order valence-electron chi connectivity index (χ2n) is 7.36. The van der Waals surface area contributed by atoms with Crippen molar-refractivity contribution in [2.45, 2.75) is 26.4 Å². The van der Waals surface area contributed by atoms with Crippen LogP contribution in [0.5, 0.6) is 0 Å². The number of rotatable bonds is 6. The van der Waals surface area contributed by atoms with Crippen molar-refractivity contribution in [3.63, 3.8) is 0 Å². The maximum absolute atomic E-state index is 12.5. The summed E-state index contributed by atoms with van der Waals surface area (Å²) < 4.78 is 1.45. The highest BCUT2D eigenvalue weighted by atomic mass is 16.2.